The van der Waals surface area contributed by atoms with Crippen LogP contribution in [0.2, 0.25) is 0 Å². The lowest BCUT2D eigenvalue weighted by molar-refractivity contribution is 0.247. The first-order chi connectivity index (χ1) is 11.1. The van der Waals surface area contributed by atoms with E-state index in [0.29, 0.717) is 17.7 Å². The van der Waals surface area contributed by atoms with E-state index in [0.717, 1.165) is 12.8 Å². The highest BCUT2D eigenvalue weighted by Gasteiger charge is 2.15. The van der Waals surface area contributed by atoms with Gasteiger partial charge in [0.2, 0.25) is 0 Å². The van der Waals surface area contributed by atoms with Gasteiger partial charge in [-0.15, -0.1) is 0 Å². The summed E-state index contributed by atoms with van der Waals surface area (Å²) in [6, 6.07) is 16.5. The molecule has 2 amide bonds. The number of hydrogen-bond donors (Lipinski definition) is 3. The van der Waals surface area contributed by atoms with Crippen LogP contribution >= 0.6 is 0 Å². The van der Waals surface area contributed by atoms with Crippen molar-refractivity contribution in [3.63, 3.8) is 0 Å². The number of benzene rings is 2. The van der Waals surface area contributed by atoms with Gasteiger partial charge in [-0.2, -0.15) is 0 Å². The molecule has 3 N–H and O–H groups in total. The fourth-order valence-electron chi connectivity index (χ4n) is 2.26. The highest BCUT2D eigenvalue weighted by atomic mass is 16.4. The maximum Gasteiger partial charge on any atom is 0.488 e. The Kier molecular flexibility index (Phi) is 6.20. The molecule has 2 aromatic rings. The summed E-state index contributed by atoms with van der Waals surface area (Å²) < 4.78 is 0. The standard InChI is InChI=1S/C17H21BN2O3/c1-20(16-11-5-10-15(13-16)18(22)23)17(21)19-12-6-9-14-7-3-2-4-8-14/h2-5,7-8,10-11,13,22-23H,6,9,12H2,1H3,(H,19,21). The molecule has 6 heteroatoms. The van der Waals surface area contributed by atoms with Gasteiger partial charge in [-0.1, -0.05) is 42.5 Å². The lowest BCUT2D eigenvalue weighted by Crippen LogP contribution is -2.39. The van der Waals surface area contributed by atoms with E-state index < -0.39 is 7.12 Å². The second-order valence-electron chi connectivity index (χ2n) is 5.35. The number of aryl methyl sites for hydroxylation is 1. The van der Waals surface area contributed by atoms with E-state index in [4.69, 9.17) is 0 Å². The number of amides is 2. The van der Waals surface area contributed by atoms with Crippen LogP contribution in [0.5, 0.6) is 0 Å². The van der Waals surface area contributed by atoms with E-state index in [-0.39, 0.29) is 6.03 Å². The molecule has 0 aliphatic carbocycles. The van der Waals surface area contributed by atoms with E-state index in [2.05, 4.69) is 17.4 Å². The number of anilines is 1. The van der Waals surface area contributed by atoms with Crippen molar-refractivity contribution in [3.05, 3.63) is 60.2 Å². The SMILES string of the molecule is CN(C(=O)NCCCc1ccccc1)c1cccc(B(O)O)c1. The third kappa shape index (κ3) is 5.12. The number of nitrogens with zero attached hydrogens (tertiary/aromatic N) is 1. The Balaban J connectivity index is 1.82. The second kappa shape index (κ2) is 8.36. The zero-order valence-corrected chi connectivity index (χ0v) is 13.1. The summed E-state index contributed by atoms with van der Waals surface area (Å²) in [6.07, 6.45) is 1.77. The normalized spacial score (nSPS) is 10.2. The van der Waals surface area contributed by atoms with Gasteiger partial charge in [0.25, 0.3) is 0 Å². The molecule has 120 valence electrons. The molecule has 0 aliphatic heterocycles. The highest BCUT2D eigenvalue weighted by Crippen LogP contribution is 2.10. The Bertz CT molecular complexity index is 635. The molecule has 0 aromatic heterocycles. The van der Waals surface area contributed by atoms with Gasteiger partial charge in [0.05, 0.1) is 0 Å². The van der Waals surface area contributed by atoms with Crippen LogP contribution in [-0.2, 0) is 6.42 Å². The first-order valence-electron chi connectivity index (χ1n) is 7.59. The summed E-state index contributed by atoms with van der Waals surface area (Å²) in [4.78, 5) is 13.6. The monoisotopic (exact) mass is 312 g/mol. The number of hydrogen-bond acceptors (Lipinski definition) is 3. The van der Waals surface area contributed by atoms with Crippen molar-refractivity contribution >= 4 is 24.3 Å². The van der Waals surface area contributed by atoms with Crippen molar-refractivity contribution in [1.29, 1.82) is 0 Å². The third-order valence-electron chi connectivity index (χ3n) is 3.62. The molecule has 0 atom stereocenters. The van der Waals surface area contributed by atoms with Crippen LogP contribution in [0.25, 0.3) is 0 Å². The first kappa shape index (κ1) is 17.1. The van der Waals surface area contributed by atoms with Crippen LogP contribution in [0.3, 0.4) is 0 Å². The van der Waals surface area contributed by atoms with Gasteiger partial charge in [-0.25, -0.2) is 4.79 Å². The minimum atomic E-state index is -1.54. The topological polar surface area (TPSA) is 72.8 Å². The highest BCUT2D eigenvalue weighted by molar-refractivity contribution is 6.58. The molecule has 5 nitrogen and oxygen atoms in total. The smallest absolute Gasteiger partial charge is 0.423 e. The first-order valence-corrected chi connectivity index (χ1v) is 7.59. The maximum atomic E-state index is 12.1. The fourth-order valence-corrected chi connectivity index (χ4v) is 2.26. The predicted octanol–water partition coefficient (Wildman–Crippen LogP) is 1.15. The molecule has 0 saturated carbocycles. The number of carbonyl (C=O) groups is 1. The zero-order valence-electron chi connectivity index (χ0n) is 13.1. The Morgan fingerprint density at radius 2 is 1.87 bits per heavy atom. The van der Waals surface area contributed by atoms with Gasteiger partial charge in [-0.3, -0.25) is 4.90 Å². The van der Waals surface area contributed by atoms with Gasteiger partial charge >= 0.3 is 13.1 Å². The van der Waals surface area contributed by atoms with Crippen LogP contribution < -0.4 is 15.7 Å². The Morgan fingerprint density at radius 1 is 1.13 bits per heavy atom. The summed E-state index contributed by atoms with van der Waals surface area (Å²) >= 11 is 0. The Morgan fingerprint density at radius 3 is 2.57 bits per heavy atom. The molecular formula is C17H21BN2O3. The molecule has 0 aliphatic rings. The third-order valence-corrected chi connectivity index (χ3v) is 3.62. The van der Waals surface area contributed by atoms with Crippen molar-refractivity contribution in [1.82, 2.24) is 5.32 Å². The van der Waals surface area contributed by atoms with E-state index >= 15 is 0 Å². The molecule has 2 aromatic carbocycles. The number of urea groups is 1. The van der Waals surface area contributed by atoms with Gasteiger partial charge in [0.1, 0.15) is 0 Å². The lowest BCUT2D eigenvalue weighted by Gasteiger charge is -2.19. The van der Waals surface area contributed by atoms with Crippen molar-refractivity contribution in [2.75, 3.05) is 18.5 Å². The van der Waals surface area contributed by atoms with Crippen LogP contribution in [0, 0.1) is 0 Å². The minimum absolute atomic E-state index is 0.220. The van der Waals surface area contributed by atoms with E-state index in [9.17, 15) is 14.8 Å². The quantitative estimate of drug-likeness (QED) is 0.553. The summed E-state index contributed by atoms with van der Waals surface area (Å²) in [5.41, 5.74) is 2.21. The van der Waals surface area contributed by atoms with Crippen LogP contribution in [0.1, 0.15) is 12.0 Å². The largest absolute Gasteiger partial charge is 0.488 e. The van der Waals surface area contributed by atoms with Gasteiger partial charge in [0, 0.05) is 19.3 Å². The molecule has 0 fully saturated rings. The molecule has 0 saturated heterocycles. The van der Waals surface area contributed by atoms with E-state index in [1.165, 1.54) is 10.5 Å². The summed E-state index contributed by atoms with van der Waals surface area (Å²) in [5.74, 6) is 0. The fraction of sp³-hybridized carbons (Fsp3) is 0.235. The Hall–Kier alpha value is -2.31. The van der Waals surface area contributed by atoms with Crippen molar-refractivity contribution in [2.45, 2.75) is 12.8 Å². The number of nitrogens with one attached hydrogen (secondary N) is 1. The summed E-state index contributed by atoms with van der Waals surface area (Å²) in [7, 11) is 0.104. The van der Waals surface area contributed by atoms with Crippen molar-refractivity contribution in [2.24, 2.45) is 0 Å². The van der Waals surface area contributed by atoms with Gasteiger partial charge in [-0.05, 0) is 36.0 Å². The maximum absolute atomic E-state index is 12.1. The van der Waals surface area contributed by atoms with Crippen LogP contribution in [-0.4, -0.2) is 36.8 Å². The molecule has 0 unspecified atom stereocenters. The average molecular weight is 312 g/mol. The Labute approximate surface area is 136 Å². The lowest BCUT2D eigenvalue weighted by atomic mass is 9.80. The number of carbonyl (C=O) groups excluding carboxylic acids is 1. The van der Waals surface area contributed by atoms with Crippen LogP contribution in [0.15, 0.2) is 54.6 Å². The molecule has 2 rings (SSSR count). The summed E-state index contributed by atoms with van der Waals surface area (Å²) in [6.45, 7) is 0.584. The van der Waals surface area contributed by atoms with Crippen LogP contribution in [0.4, 0.5) is 10.5 Å². The second-order valence-corrected chi connectivity index (χ2v) is 5.35. The predicted molar refractivity (Wildman–Crippen MR) is 92.8 cm³/mol. The zero-order chi connectivity index (χ0) is 16.7. The van der Waals surface area contributed by atoms with Crippen molar-refractivity contribution < 1.29 is 14.8 Å². The van der Waals surface area contributed by atoms with Crippen molar-refractivity contribution in [3.8, 4) is 0 Å². The minimum Gasteiger partial charge on any atom is -0.423 e. The average Bonchev–Trinajstić information content (AvgIpc) is 2.59. The van der Waals surface area contributed by atoms with E-state index in [1.807, 2.05) is 18.2 Å². The molecule has 0 bridgehead atoms. The molecule has 23 heavy (non-hydrogen) atoms. The van der Waals surface area contributed by atoms with E-state index in [1.54, 1.807) is 31.3 Å². The van der Waals surface area contributed by atoms with Gasteiger partial charge < -0.3 is 15.4 Å². The summed E-state index contributed by atoms with van der Waals surface area (Å²) in [5, 5.41) is 21.2. The molecular weight excluding hydrogens is 291 g/mol. The number of rotatable bonds is 6. The molecule has 0 radical (unpaired) electrons. The molecule has 0 heterocycles. The van der Waals surface area contributed by atoms with Gasteiger partial charge in [0.15, 0.2) is 0 Å². The molecule has 0 spiro atoms.